The summed E-state index contributed by atoms with van der Waals surface area (Å²) < 4.78 is 0. The van der Waals surface area contributed by atoms with E-state index in [0.717, 1.165) is 0 Å². The van der Waals surface area contributed by atoms with Gasteiger partial charge in [0, 0.05) is 27.3 Å². The van der Waals surface area contributed by atoms with Crippen molar-refractivity contribution in [2.45, 2.75) is 110 Å². The summed E-state index contributed by atoms with van der Waals surface area (Å²) in [4.78, 5) is 0. The van der Waals surface area contributed by atoms with Gasteiger partial charge < -0.3 is 0 Å². The normalized spacial score (nSPS) is 12.6. The zero-order valence-corrected chi connectivity index (χ0v) is 24.4. The Labute approximate surface area is 191 Å². The Bertz CT molecular complexity index is 285. The molecule has 170 valence electrons. The Morgan fingerprint density at radius 2 is 0.704 bits per heavy atom. The third-order valence-electron chi connectivity index (χ3n) is 4.68. The standard InChI is InChI=1S/C21H46P.Cl4I/c1-5-6-7-8-9-10-11-12-13-14-15-16-17-18-19-20-21-22(2,3)4;1-5(2,3)4/h5-21H2,1-4H3;/q+1;-1. The van der Waals surface area contributed by atoms with Crippen LogP contribution in [0.4, 0.5) is 0 Å². The van der Waals surface area contributed by atoms with E-state index in [1.807, 2.05) is 0 Å². The fraction of sp³-hybridized carbons (Fsp3) is 1.00. The molecule has 0 spiro atoms. The van der Waals surface area contributed by atoms with E-state index in [0.29, 0.717) is 0 Å². The molecule has 0 heterocycles. The van der Waals surface area contributed by atoms with Crippen molar-refractivity contribution in [1.29, 1.82) is 0 Å². The second-order valence-corrected chi connectivity index (χ2v) is 32.9. The van der Waals surface area contributed by atoms with E-state index >= 15 is 0 Å². The second kappa shape index (κ2) is 21.5. The fourth-order valence-electron chi connectivity index (χ4n) is 3.13. The molecule has 0 aromatic heterocycles. The first kappa shape index (κ1) is 31.5. The maximum atomic E-state index is 5.01. The molecule has 0 fully saturated rings. The van der Waals surface area contributed by atoms with Crippen molar-refractivity contribution in [1.82, 2.24) is 0 Å². The van der Waals surface area contributed by atoms with Crippen LogP contribution in [0.25, 0.3) is 0 Å². The van der Waals surface area contributed by atoms with Gasteiger partial charge in [-0.2, -0.15) is 0 Å². The molecule has 0 aromatic carbocycles. The fourth-order valence-corrected chi connectivity index (χ4v) is 4.31. The van der Waals surface area contributed by atoms with Crippen molar-refractivity contribution in [3.05, 3.63) is 0 Å². The monoisotopic (exact) mass is 596 g/mol. The summed E-state index contributed by atoms with van der Waals surface area (Å²) in [5, 5.41) is 0. The van der Waals surface area contributed by atoms with Gasteiger partial charge in [0.2, 0.25) is 0 Å². The van der Waals surface area contributed by atoms with Crippen LogP contribution in [-0.4, -0.2) is 26.2 Å². The molecule has 0 bridgehead atoms. The molecular formula is C21H46Cl4IP. The van der Waals surface area contributed by atoms with Gasteiger partial charge in [-0.15, -0.1) is 0 Å². The average molecular weight is 598 g/mol. The van der Waals surface area contributed by atoms with Gasteiger partial charge in [-0.1, -0.05) is 96.8 Å². The van der Waals surface area contributed by atoms with Crippen LogP contribution in [0, 0.1) is 0 Å². The van der Waals surface area contributed by atoms with Gasteiger partial charge in [0.25, 0.3) is 0 Å². The third kappa shape index (κ3) is 43.2. The van der Waals surface area contributed by atoms with Crippen molar-refractivity contribution >= 4 is 42.9 Å². The molecule has 0 radical (unpaired) electrons. The van der Waals surface area contributed by atoms with Crippen LogP contribution in [-0.2, 0) is 0 Å². The number of halogens is 5. The summed E-state index contributed by atoms with van der Waals surface area (Å²) in [5.74, 6) is 0. The van der Waals surface area contributed by atoms with Crippen molar-refractivity contribution in [3.63, 3.8) is 0 Å². The van der Waals surface area contributed by atoms with Crippen molar-refractivity contribution < 1.29 is 13.9 Å². The van der Waals surface area contributed by atoms with E-state index in [1.54, 1.807) is 0 Å². The minimum absolute atomic E-state index is 0.504. The van der Waals surface area contributed by atoms with E-state index in [4.69, 9.17) is 35.6 Å². The topological polar surface area (TPSA) is 0 Å². The predicted molar refractivity (Wildman–Crippen MR) is 133 cm³/mol. The summed E-state index contributed by atoms with van der Waals surface area (Å²) in [6.45, 7) is 9.71. The Morgan fingerprint density at radius 1 is 0.481 bits per heavy atom. The van der Waals surface area contributed by atoms with Crippen LogP contribution >= 0.6 is 42.9 Å². The molecule has 0 amide bonds. The van der Waals surface area contributed by atoms with Crippen molar-refractivity contribution in [2.24, 2.45) is 0 Å². The quantitative estimate of drug-likeness (QED) is 0.0908. The number of rotatable bonds is 17. The predicted octanol–water partition coefficient (Wildman–Crippen LogP) is 7.92. The molecular weight excluding hydrogens is 552 g/mol. The number of hydrogen-bond acceptors (Lipinski definition) is 0. The van der Waals surface area contributed by atoms with Gasteiger partial charge >= 0.3 is 49.6 Å². The first-order valence-corrected chi connectivity index (χ1v) is 25.2. The summed E-state index contributed by atoms with van der Waals surface area (Å²) >= 11 is -3.05. The van der Waals surface area contributed by atoms with Gasteiger partial charge in [0.05, 0.1) is 6.16 Å². The number of unbranched alkanes of at least 4 members (excludes halogenated alkanes) is 15. The molecule has 0 N–H and O–H groups in total. The Morgan fingerprint density at radius 3 is 0.926 bits per heavy atom. The van der Waals surface area contributed by atoms with Crippen LogP contribution in [0.3, 0.4) is 0 Å². The summed E-state index contributed by atoms with van der Waals surface area (Å²) in [6.07, 6.45) is 25.1. The molecule has 6 heteroatoms. The van der Waals surface area contributed by atoms with Gasteiger partial charge in [-0.3, -0.25) is 0 Å². The summed E-state index contributed by atoms with van der Waals surface area (Å²) in [6, 6.07) is 0. The second-order valence-electron chi connectivity index (χ2n) is 8.64. The average Bonchev–Trinajstić information content (AvgIpc) is 2.52. The van der Waals surface area contributed by atoms with Crippen LogP contribution in [0.5, 0.6) is 0 Å². The molecule has 0 aliphatic heterocycles. The molecule has 0 saturated carbocycles. The van der Waals surface area contributed by atoms with Crippen molar-refractivity contribution in [3.8, 4) is 0 Å². The van der Waals surface area contributed by atoms with Gasteiger partial charge in [0.1, 0.15) is 0 Å². The van der Waals surface area contributed by atoms with Gasteiger partial charge in [-0.25, -0.2) is 0 Å². The van der Waals surface area contributed by atoms with Crippen LogP contribution in [0.1, 0.15) is 110 Å². The molecule has 0 aliphatic rings. The van der Waals surface area contributed by atoms with Crippen molar-refractivity contribution in [2.75, 3.05) is 26.2 Å². The molecule has 0 rings (SSSR count). The third-order valence-corrected chi connectivity index (χ3v) is 6.34. The summed E-state index contributed by atoms with van der Waals surface area (Å²) in [7, 11) is 19.5. The summed E-state index contributed by atoms with van der Waals surface area (Å²) in [5.41, 5.74) is 0. The maximum absolute atomic E-state index is 5.01. The zero-order chi connectivity index (χ0) is 21.0. The van der Waals surface area contributed by atoms with E-state index in [-0.39, 0.29) is 0 Å². The van der Waals surface area contributed by atoms with E-state index in [9.17, 15) is 0 Å². The van der Waals surface area contributed by atoms with Gasteiger partial charge in [0.15, 0.2) is 0 Å². The molecule has 0 atom stereocenters. The molecule has 0 unspecified atom stereocenters. The van der Waals surface area contributed by atoms with Gasteiger partial charge in [-0.05, 0) is 12.8 Å². The zero-order valence-electron chi connectivity index (χ0n) is 18.4. The Kier molecular flexibility index (Phi) is 25.1. The molecule has 0 saturated heterocycles. The van der Waals surface area contributed by atoms with E-state index < -0.39 is 21.2 Å². The number of hydrogen-bond donors (Lipinski definition) is 0. The first-order valence-electron chi connectivity index (χ1n) is 10.9. The minimum atomic E-state index is -3.05. The molecule has 0 aliphatic carbocycles. The molecule has 27 heavy (non-hydrogen) atoms. The van der Waals surface area contributed by atoms with E-state index in [1.165, 1.54) is 109 Å². The first-order chi connectivity index (χ1) is 12.6. The van der Waals surface area contributed by atoms with Crippen LogP contribution in [0.2, 0.25) is 0 Å². The van der Waals surface area contributed by atoms with Crippen LogP contribution < -0.4 is 13.9 Å². The Hall–Kier alpha value is 2.32. The Balaban J connectivity index is 0. The SMILES string of the molecule is CCCCCCCCCCCCCCCCCC[P+](C)(C)C.Cl[I-](Cl)(Cl)Cl. The van der Waals surface area contributed by atoms with Crippen LogP contribution in [0.15, 0.2) is 0 Å². The van der Waals surface area contributed by atoms with E-state index in [2.05, 4.69) is 26.9 Å². The molecule has 0 aromatic rings. The molecule has 0 nitrogen and oxygen atoms in total.